The van der Waals surface area contributed by atoms with Crippen LogP contribution in [0.5, 0.6) is 0 Å². The molecule has 16 heavy (non-hydrogen) atoms. The molecule has 1 atom stereocenters. The summed E-state index contributed by atoms with van der Waals surface area (Å²) in [4.78, 5) is 2.25. The molecule has 0 spiro atoms. The molecule has 0 amide bonds. The minimum Gasteiger partial charge on any atom is -0.395 e. The van der Waals surface area contributed by atoms with E-state index in [-0.39, 0.29) is 18.4 Å². The summed E-state index contributed by atoms with van der Waals surface area (Å²) < 4.78 is 22.0. The summed E-state index contributed by atoms with van der Waals surface area (Å²) in [5.41, 5.74) is 0. The summed E-state index contributed by atoms with van der Waals surface area (Å²) in [6.07, 6.45) is 6.55. The zero-order valence-corrected chi connectivity index (χ0v) is 10.9. The highest BCUT2D eigenvalue weighted by atomic mass is 32.2. The van der Waals surface area contributed by atoms with Crippen LogP contribution in [0.2, 0.25) is 0 Å². The summed E-state index contributed by atoms with van der Waals surface area (Å²) in [5, 5.41) is 9.29. The first-order valence-corrected chi connectivity index (χ1v) is 8.11. The molecule has 0 aromatic carbocycles. The van der Waals surface area contributed by atoms with Crippen LogP contribution in [0, 0.1) is 0 Å². The maximum Gasteiger partial charge on any atom is 0.147 e. The third-order valence-electron chi connectivity index (χ3n) is 3.17. The van der Waals surface area contributed by atoms with Crippen LogP contribution >= 0.6 is 0 Å². The Kier molecular flexibility index (Phi) is 5.72. The molecule has 0 aliphatic carbocycles. The molecular formula is C11H23NO3S. The lowest BCUT2D eigenvalue weighted by Gasteiger charge is -2.28. The van der Waals surface area contributed by atoms with Crippen molar-refractivity contribution in [2.24, 2.45) is 0 Å². The molecule has 5 heteroatoms. The molecule has 96 valence electrons. The molecule has 0 saturated carbocycles. The first-order chi connectivity index (χ1) is 7.53. The first kappa shape index (κ1) is 13.9. The van der Waals surface area contributed by atoms with Crippen molar-refractivity contribution < 1.29 is 13.5 Å². The number of sulfone groups is 1. The number of aliphatic hydroxyl groups is 1. The molecule has 0 radical (unpaired) electrons. The monoisotopic (exact) mass is 249 g/mol. The second-order valence-corrected chi connectivity index (χ2v) is 6.96. The number of hydrogen-bond donors (Lipinski definition) is 1. The summed E-state index contributed by atoms with van der Waals surface area (Å²) in [5.74, 6) is 0.252. The molecule has 1 rings (SSSR count). The van der Waals surface area contributed by atoms with Gasteiger partial charge in [0.25, 0.3) is 0 Å². The van der Waals surface area contributed by atoms with E-state index >= 15 is 0 Å². The van der Waals surface area contributed by atoms with Gasteiger partial charge in [0.15, 0.2) is 0 Å². The van der Waals surface area contributed by atoms with Gasteiger partial charge in [0, 0.05) is 12.3 Å². The molecule has 1 heterocycles. The van der Waals surface area contributed by atoms with Gasteiger partial charge < -0.3 is 5.11 Å². The second-order valence-electron chi connectivity index (χ2n) is 4.71. The topological polar surface area (TPSA) is 57.6 Å². The minimum absolute atomic E-state index is 0.193. The van der Waals surface area contributed by atoms with E-state index < -0.39 is 9.84 Å². The first-order valence-electron chi connectivity index (χ1n) is 6.05. The largest absolute Gasteiger partial charge is 0.395 e. The molecule has 1 unspecified atom stereocenters. The van der Waals surface area contributed by atoms with Crippen LogP contribution in [0.25, 0.3) is 0 Å². The molecule has 1 aliphatic rings. The van der Waals surface area contributed by atoms with Crippen LogP contribution in [0.15, 0.2) is 0 Å². The Morgan fingerprint density at radius 2 is 2.06 bits per heavy atom. The van der Waals surface area contributed by atoms with Crippen molar-refractivity contribution in [1.29, 1.82) is 0 Å². The molecular weight excluding hydrogens is 226 g/mol. The zero-order valence-electron chi connectivity index (χ0n) is 10.1. The lowest BCUT2D eigenvalue weighted by atomic mass is 10.1. The predicted molar refractivity (Wildman–Crippen MR) is 65.2 cm³/mol. The number of likely N-dealkylation sites (tertiary alicyclic amines) is 1. The van der Waals surface area contributed by atoms with E-state index in [0.717, 1.165) is 25.9 Å². The van der Waals surface area contributed by atoms with Gasteiger partial charge in [-0.3, -0.25) is 4.90 Å². The Balaban J connectivity index is 2.37. The zero-order chi connectivity index (χ0) is 12.0. The molecule has 1 fully saturated rings. The normalized spacial score (nSPS) is 24.2. The second kappa shape index (κ2) is 6.57. The molecule has 0 aromatic rings. The molecule has 0 aromatic heterocycles. The average Bonchev–Trinajstić information content (AvgIpc) is 2.41. The Labute approximate surface area is 98.6 Å². The van der Waals surface area contributed by atoms with Gasteiger partial charge in [0.05, 0.1) is 12.4 Å². The standard InChI is InChI=1S/C11H23NO3S/c1-16(14,15)9-5-8-12-7-4-2-3-6-11(12)10-13/h11,13H,2-10H2,1H3. The van der Waals surface area contributed by atoms with Crippen LogP contribution in [0.4, 0.5) is 0 Å². The van der Waals surface area contributed by atoms with Crippen molar-refractivity contribution in [3.63, 3.8) is 0 Å². The summed E-state index contributed by atoms with van der Waals surface area (Å²) in [6, 6.07) is 0.238. The van der Waals surface area contributed by atoms with E-state index in [9.17, 15) is 13.5 Å². The highest BCUT2D eigenvalue weighted by Gasteiger charge is 2.19. The molecule has 0 bridgehead atoms. The van der Waals surface area contributed by atoms with E-state index in [4.69, 9.17) is 0 Å². The minimum atomic E-state index is -2.85. The Hall–Kier alpha value is -0.130. The highest BCUT2D eigenvalue weighted by molar-refractivity contribution is 7.90. The van der Waals surface area contributed by atoms with Crippen LogP contribution in [0.1, 0.15) is 32.1 Å². The van der Waals surface area contributed by atoms with Crippen molar-refractivity contribution in [2.45, 2.75) is 38.1 Å². The fourth-order valence-corrected chi connectivity index (χ4v) is 2.92. The van der Waals surface area contributed by atoms with Gasteiger partial charge in [-0.2, -0.15) is 0 Å². The van der Waals surface area contributed by atoms with Crippen molar-refractivity contribution in [1.82, 2.24) is 4.90 Å². The lowest BCUT2D eigenvalue weighted by molar-refractivity contribution is 0.125. The third kappa shape index (κ3) is 5.27. The number of rotatable bonds is 5. The van der Waals surface area contributed by atoms with E-state index in [1.807, 2.05) is 0 Å². The molecule has 1 N–H and O–H groups in total. The van der Waals surface area contributed by atoms with Gasteiger partial charge in [-0.15, -0.1) is 0 Å². The van der Waals surface area contributed by atoms with Crippen LogP contribution in [-0.4, -0.2) is 56.2 Å². The summed E-state index contributed by atoms with van der Waals surface area (Å²) >= 11 is 0. The number of aliphatic hydroxyl groups excluding tert-OH is 1. The van der Waals surface area contributed by atoms with Gasteiger partial charge in [0.1, 0.15) is 9.84 Å². The summed E-state index contributed by atoms with van der Waals surface area (Å²) in [7, 11) is -2.85. The van der Waals surface area contributed by atoms with E-state index in [0.29, 0.717) is 6.42 Å². The molecule has 1 aliphatic heterocycles. The van der Waals surface area contributed by atoms with E-state index in [1.54, 1.807) is 0 Å². The maximum absolute atomic E-state index is 11.0. The summed E-state index contributed by atoms with van der Waals surface area (Å²) in [6.45, 7) is 1.98. The van der Waals surface area contributed by atoms with Crippen molar-refractivity contribution in [3.05, 3.63) is 0 Å². The quantitative estimate of drug-likeness (QED) is 0.777. The van der Waals surface area contributed by atoms with Gasteiger partial charge >= 0.3 is 0 Å². The highest BCUT2D eigenvalue weighted by Crippen LogP contribution is 2.16. The van der Waals surface area contributed by atoms with Crippen LogP contribution < -0.4 is 0 Å². The predicted octanol–water partition coefficient (Wildman–Crippen LogP) is 0.658. The Morgan fingerprint density at radius 3 is 2.69 bits per heavy atom. The van der Waals surface area contributed by atoms with Crippen LogP contribution in [-0.2, 0) is 9.84 Å². The van der Waals surface area contributed by atoms with Crippen LogP contribution in [0.3, 0.4) is 0 Å². The van der Waals surface area contributed by atoms with Crippen molar-refractivity contribution >= 4 is 9.84 Å². The van der Waals surface area contributed by atoms with Gasteiger partial charge in [-0.25, -0.2) is 8.42 Å². The number of hydrogen-bond acceptors (Lipinski definition) is 4. The van der Waals surface area contributed by atoms with E-state index in [2.05, 4.69) is 4.90 Å². The Bertz CT molecular complexity index is 290. The number of nitrogens with zero attached hydrogens (tertiary/aromatic N) is 1. The Morgan fingerprint density at radius 1 is 1.31 bits per heavy atom. The van der Waals surface area contributed by atoms with Crippen molar-refractivity contribution in [3.8, 4) is 0 Å². The van der Waals surface area contributed by atoms with Gasteiger partial charge in [0.2, 0.25) is 0 Å². The SMILES string of the molecule is CS(=O)(=O)CCCN1CCCCCC1CO. The van der Waals surface area contributed by atoms with Gasteiger partial charge in [-0.1, -0.05) is 12.8 Å². The molecule has 4 nitrogen and oxygen atoms in total. The fourth-order valence-electron chi connectivity index (χ4n) is 2.27. The van der Waals surface area contributed by atoms with Gasteiger partial charge in [-0.05, 0) is 32.4 Å². The average molecular weight is 249 g/mol. The third-order valence-corrected chi connectivity index (χ3v) is 4.20. The fraction of sp³-hybridized carbons (Fsp3) is 1.00. The molecule has 1 saturated heterocycles. The maximum atomic E-state index is 11.0. The van der Waals surface area contributed by atoms with E-state index in [1.165, 1.54) is 19.1 Å². The lowest BCUT2D eigenvalue weighted by Crippen LogP contribution is -2.38. The van der Waals surface area contributed by atoms with Crippen molar-refractivity contribution in [2.75, 3.05) is 31.7 Å². The smallest absolute Gasteiger partial charge is 0.147 e.